The zero-order valence-corrected chi connectivity index (χ0v) is 13.6. The Morgan fingerprint density at radius 3 is 2.78 bits per heavy atom. The van der Waals surface area contributed by atoms with Gasteiger partial charge in [0, 0.05) is 11.1 Å². The van der Waals surface area contributed by atoms with Crippen molar-refractivity contribution in [3.63, 3.8) is 0 Å². The van der Waals surface area contributed by atoms with Gasteiger partial charge in [-0.15, -0.1) is 11.3 Å². The number of nitrogens with zero attached hydrogens (tertiary/aromatic N) is 1. The van der Waals surface area contributed by atoms with Crippen LogP contribution < -0.4 is 5.32 Å². The van der Waals surface area contributed by atoms with Crippen LogP contribution in [0.3, 0.4) is 0 Å². The zero-order chi connectivity index (χ0) is 16.4. The molecule has 2 heterocycles. The molecule has 0 aliphatic rings. The second-order valence-corrected chi connectivity index (χ2v) is 6.05. The molecule has 1 amide bonds. The molecule has 118 valence electrons. The van der Waals surface area contributed by atoms with Crippen molar-refractivity contribution in [2.45, 2.75) is 13.5 Å². The standard InChI is InChI=1S/C17H16N2O3S/c1-11-5-3-4-6-13(11)18-15(20)10-19-14(17(21)22-2)9-12-7-8-23-16(12)19/h3-9H,10H2,1-2H3,(H,18,20). The van der Waals surface area contributed by atoms with Gasteiger partial charge in [0.2, 0.25) is 5.91 Å². The Morgan fingerprint density at radius 2 is 2.04 bits per heavy atom. The molecule has 0 fully saturated rings. The lowest BCUT2D eigenvalue weighted by molar-refractivity contribution is -0.116. The number of thiophene rings is 1. The number of carbonyl (C=O) groups excluding carboxylic acids is 2. The summed E-state index contributed by atoms with van der Waals surface area (Å²) < 4.78 is 6.50. The number of carbonyl (C=O) groups is 2. The predicted octanol–water partition coefficient (Wildman–Crippen LogP) is 3.44. The minimum absolute atomic E-state index is 0.0583. The Labute approximate surface area is 137 Å². The van der Waals surface area contributed by atoms with E-state index >= 15 is 0 Å². The van der Waals surface area contributed by atoms with Crippen LogP contribution in [-0.2, 0) is 16.1 Å². The fourth-order valence-electron chi connectivity index (χ4n) is 2.45. The monoisotopic (exact) mass is 328 g/mol. The summed E-state index contributed by atoms with van der Waals surface area (Å²) in [5, 5.41) is 5.74. The molecule has 6 heteroatoms. The molecule has 0 atom stereocenters. The van der Waals surface area contributed by atoms with Gasteiger partial charge < -0.3 is 14.6 Å². The Kier molecular flexibility index (Phi) is 4.16. The molecule has 0 saturated heterocycles. The maximum atomic E-state index is 12.4. The largest absolute Gasteiger partial charge is 0.464 e. The average Bonchev–Trinajstić information content (AvgIpc) is 3.11. The van der Waals surface area contributed by atoms with Gasteiger partial charge in [-0.05, 0) is 36.1 Å². The predicted molar refractivity (Wildman–Crippen MR) is 91.0 cm³/mol. The Hall–Kier alpha value is -2.60. The van der Waals surface area contributed by atoms with Crippen molar-refractivity contribution in [2.24, 2.45) is 0 Å². The molecule has 23 heavy (non-hydrogen) atoms. The number of aryl methyl sites for hydroxylation is 1. The minimum Gasteiger partial charge on any atom is -0.464 e. The quantitative estimate of drug-likeness (QED) is 0.746. The minimum atomic E-state index is -0.447. The molecule has 3 rings (SSSR count). The van der Waals surface area contributed by atoms with Gasteiger partial charge >= 0.3 is 5.97 Å². The summed E-state index contributed by atoms with van der Waals surface area (Å²) in [7, 11) is 1.33. The summed E-state index contributed by atoms with van der Waals surface area (Å²) in [5.74, 6) is -0.632. The van der Waals surface area contributed by atoms with E-state index in [4.69, 9.17) is 4.74 Å². The number of methoxy groups -OCH3 is 1. The third-order valence-electron chi connectivity index (χ3n) is 3.62. The number of rotatable bonds is 4. The van der Waals surface area contributed by atoms with E-state index in [2.05, 4.69) is 5.32 Å². The third kappa shape index (κ3) is 2.98. The van der Waals surface area contributed by atoms with Crippen molar-refractivity contribution in [3.05, 3.63) is 53.0 Å². The van der Waals surface area contributed by atoms with Crippen LogP contribution in [-0.4, -0.2) is 23.6 Å². The summed E-state index contributed by atoms with van der Waals surface area (Å²) in [6.07, 6.45) is 0. The molecule has 1 N–H and O–H groups in total. The van der Waals surface area contributed by atoms with E-state index in [0.29, 0.717) is 5.69 Å². The number of benzene rings is 1. The summed E-state index contributed by atoms with van der Waals surface area (Å²) in [6.45, 7) is 1.99. The highest BCUT2D eigenvalue weighted by Gasteiger charge is 2.19. The van der Waals surface area contributed by atoms with Crippen LogP contribution in [0.4, 0.5) is 5.69 Å². The van der Waals surface area contributed by atoms with Crippen molar-refractivity contribution < 1.29 is 14.3 Å². The summed E-state index contributed by atoms with van der Waals surface area (Å²) in [5.41, 5.74) is 2.14. The molecular formula is C17H16N2O3S. The molecule has 0 spiro atoms. The molecular weight excluding hydrogens is 312 g/mol. The fraction of sp³-hybridized carbons (Fsp3) is 0.176. The zero-order valence-electron chi connectivity index (χ0n) is 12.8. The van der Waals surface area contributed by atoms with Crippen molar-refractivity contribution in [1.82, 2.24) is 4.57 Å². The van der Waals surface area contributed by atoms with Crippen molar-refractivity contribution in [1.29, 1.82) is 0 Å². The first kappa shape index (κ1) is 15.3. The van der Waals surface area contributed by atoms with E-state index in [1.807, 2.05) is 42.6 Å². The normalized spacial score (nSPS) is 10.7. The Balaban J connectivity index is 1.88. The first-order valence-corrected chi connectivity index (χ1v) is 7.98. The number of aromatic nitrogens is 1. The van der Waals surface area contributed by atoms with Crippen molar-refractivity contribution in [3.8, 4) is 0 Å². The lowest BCUT2D eigenvalue weighted by atomic mass is 10.2. The number of para-hydroxylation sites is 1. The maximum absolute atomic E-state index is 12.4. The smallest absolute Gasteiger partial charge is 0.354 e. The number of esters is 1. The number of nitrogens with one attached hydrogen (secondary N) is 1. The lowest BCUT2D eigenvalue weighted by Gasteiger charge is -2.11. The Morgan fingerprint density at radius 1 is 1.26 bits per heavy atom. The Bertz CT molecular complexity index is 879. The van der Waals surface area contributed by atoms with Crippen LogP contribution in [0, 0.1) is 6.92 Å². The van der Waals surface area contributed by atoms with Gasteiger partial charge in [0.25, 0.3) is 0 Å². The van der Waals surface area contributed by atoms with Crippen LogP contribution in [0.5, 0.6) is 0 Å². The van der Waals surface area contributed by atoms with E-state index in [-0.39, 0.29) is 12.5 Å². The van der Waals surface area contributed by atoms with Gasteiger partial charge in [-0.2, -0.15) is 0 Å². The molecule has 0 bridgehead atoms. The lowest BCUT2D eigenvalue weighted by Crippen LogP contribution is -2.21. The number of amides is 1. The molecule has 0 aliphatic carbocycles. The van der Waals surface area contributed by atoms with Gasteiger partial charge in [0.15, 0.2) is 0 Å². The highest BCUT2D eigenvalue weighted by molar-refractivity contribution is 7.16. The molecule has 0 saturated carbocycles. The molecule has 5 nitrogen and oxygen atoms in total. The van der Waals surface area contributed by atoms with Crippen LogP contribution in [0.15, 0.2) is 41.8 Å². The van der Waals surface area contributed by atoms with Gasteiger partial charge in [-0.25, -0.2) is 4.79 Å². The van der Waals surface area contributed by atoms with Gasteiger partial charge in [0.1, 0.15) is 17.1 Å². The van der Waals surface area contributed by atoms with E-state index in [1.165, 1.54) is 18.4 Å². The summed E-state index contributed by atoms with van der Waals surface area (Å²) in [6, 6.07) is 11.2. The molecule has 0 aliphatic heterocycles. The average molecular weight is 328 g/mol. The SMILES string of the molecule is COC(=O)c1cc2ccsc2n1CC(=O)Nc1ccccc1C. The highest BCUT2D eigenvalue weighted by atomic mass is 32.1. The van der Waals surface area contributed by atoms with Gasteiger partial charge in [-0.1, -0.05) is 18.2 Å². The highest BCUT2D eigenvalue weighted by Crippen LogP contribution is 2.26. The summed E-state index contributed by atoms with van der Waals surface area (Å²) in [4.78, 5) is 25.2. The molecule has 0 unspecified atom stereocenters. The molecule has 0 radical (unpaired) electrons. The molecule has 1 aromatic carbocycles. The molecule has 2 aromatic heterocycles. The number of fused-ring (bicyclic) bond motifs is 1. The number of hydrogen-bond donors (Lipinski definition) is 1. The van der Waals surface area contributed by atoms with Gasteiger partial charge in [0.05, 0.1) is 7.11 Å². The number of hydrogen-bond acceptors (Lipinski definition) is 4. The van der Waals surface area contributed by atoms with Crippen LogP contribution >= 0.6 is 11.3 Å². The summed E-state index contributed by atoms with van der Waals surface area (Å²) >= 11 is 1.49. The molecule has 3 aromatic rings. The van der Waals surface area contributed by atoms with E-state index in [9.17, 15) is 9.59 Å². The van der Waals surface area contributed by atoms with Crippen molar-refractivity contribution >= 4 is 39.1 Å². The van der Waals surface area contributed by atoms with Crippen LogP contribution in [0.2, 0.25) is 0 Å². The third-order valence-corrected chi connectivity index (χ3v) is 4.57. The second kappa shape index (κ2) is 6.26. The number of anilines is 1. The topological polar surface area (TPSA) is 60.3 Å². The van der Waals surface area contributed by atoms with E-state index in [0.717, 1.165) is 21.5 Å². The van der Waals surface area contributed by atoms with E-state index in [1.54, 1.807) is 10.6 Å². The van der Waals surface area contributed by atoms with E-state index < -0.39 is 5.97 Å². The van der Waals surface area contributed by atoms with Crippen molar-refractivity contribution in [2.75, 3.05) is 12.4 Å². The maximum Gasteiger partial charge on any atom is 0.354 e. The first-order valence-electron chi connectivity index (χ1n) is 7.10. The van der Waals surface area contributed by atoms with Gasteiger partial charge in [-0.3, -0.25) is 4.79 Å². The van der Waals surface area contributed by atoms with Crippen LogP contribution in [0.1, 0.15) is 16.1 Å². The fourth-order valence-corrected chi connectivity index (χ4v) is 3.35. The van der Waals surface area contributed by atoms with Crippen LogP contribution in [0.25, 0.3) is 10.2 Å². The number of ether oxygens (including phenoxy) is 1. The first-order chi connectivity index (χ1) is 11.1. The second-order valence-electron chi connectivity index (χ2n) is 5.15.